The summed E-state index contributed by atoms with van der Waals surface area (Å²) in [5, 5.41) is 0.686. The number of aromatic nitrogens is 4. The molecule has 1 aromatic carbocycles. The van der Waals surface area contributed by atoms with E-state index >= 15 is 0 Å². The van der Waals surface area contributed by atoms with Crippen molar-refractivity contribution in [2.24, 2.45) is 0 Å². The normalized spacial score (nSPS) is 11.5. The zero-order valence-corrected chi connectivity index (χ0v) is 13.1. The summed E-state index contributed by atoms with van der Waals surface area (Å²) in [4.78, 5) is 12.3. The number of imidazole rings is 1. The predicted molar refractivity (Wildman–Crippen MR) is 84.8 cm³/mol. The van der Waals surface area contributed by atoms with Gasteiger partial charge >= 0.3 is 5.78 Å². The fourth-order valence-electron chi connectivity index (χ4n) is 2.50. The Balaban J connectivity index is 1.59. The molecule has 22 heavy (non-hydrogen) atoms. The molecule has 0 atom stereocenters. The first-order chi connectivity index (χ1) is 10.7. The highest BCUT2D eigenvalue weighted by molar-refractivity contribution is 7.98. The Morgan fingerprint density at radius 1 is 1.23 bits per heavy atom. The van der Waals surface area contributed by atoms with E-state index in [9.17, 15) is 0 Å². The highest BCUT2D eigenvalue weighted by Crippen LogP contribution is 2.25. The average molecular weight is 311 g/mol. The maximum absolute atomic E-state index is 5.72. The van der Waals surface area contributed by atoms with Crippen LogP contribution in [0.1, 0.15) is 17.1 Å². The first kappa shape index (κ1) is 13.3. The lowest BCUT2D eigenvalue weighted by Crippen LogP contribution is -2.24. The zero-order chi connectivity index (χ0) is 15.1. The lowest BCUT2D eigenvalue weighted by molar-refractivity contribution is -0.520. The van der Waals surface area contributed by atoms with Gasteiger partial charge in [0.1, 0.15) is 23.1 Å². The molecule has 0 radical (unpaired) electrons. The SMILES string of the molecule is Cc1cc(C)[n+]2cc(CSc3nc4ccccc4o3)[nH]c2n1. The second kappa shape index (κ2) is 5.14. The van der Waals surface area contributed by atoms with Gasteiger partial charge in [-0.05, 0) is 26.0 Å². The van der Waals surface area contributed by atoms with Crippen LogP contribution >= 0.6 is 11.8 Å². The highest BCUT2D eigenvalue weighted by atomic mass is 32.2. The molecule has 3 heterocycles. The molecule has 0 aliphatic heterocycles. The Hall–Kier alpha value is -2.34. The zero-order valence-electron chi connectivity index (χ0n) is 12.3. The molecule has 4 rings (SSSR count). The fourth-order valence-corrected chi connectivity index (χ4v) is 3.24. The van der Waals surface area contributed by atoms with E-state index in [1.807, 2.05) is 31.2 Å². The standard InChI is InChI=1S/C16H14N4OS/c1-10-7-11(2)20-8-12(18-15(20)17-10)9-22-16-19-13-5-3-4-6-14(13)21-16/h3-8H,9H2,1-2H3/p+1. The van der Waals surface area contributed by atoms with Crippen molar-refractivity contribution in [2.75, 3.05) is 0 Å². The summed E-state index contributed by atoms with van der Waals surface area (Å²) in [6, 6.07) is 9.87. The summed E-state index contributed by atoms with van der Waals surface area (Å²) in [6.45, 7) is 4.08. The third-order valence-electron chi connectivity index (χ3n) is 3.49. The lowest BCUT2D eigenvalue weighted by Gasteiger charge is -1.91. The molecule has 3 aromatic heterocycles. The molecule has 6 heteroatoms. The van der Waals surface area contributed by atoms with Gasteiger partial charge in [0.2, 0.25) is 0 Å². The van der Waals surface area contributed by atoms with Gasteiger partial charge in [-0.15, -0.1) is 0 Å². The van der Waals surface area contributed by atoms with Crippen LogP contribution in [0.15, 0.2) is 46.2 Å². The van der Waals surface area contributed by atoms with Crippen LogP contribution in [0.4, 0.5) is 0 Å². The number of nitrogens with one attached hydrogen (secondary N) is 1. The van der Waals surface area contributed by atoms with Crippen LogP contribution in [0.3, 0.4) is 0 Å². The number of fused-ring (bicyclic) bond motifs is 2. The fraction of sp³-hybridized carbons (Fsp3) is 0.188. The minimum Gasteiger partial charge on any atom is -0.431 e. The first-order valence-electron chi connectivity index (χ1n) is 7.05. The summed E-state index contributed by atoms with van der Waals surface area (Å²) in [5.74, 6) is 1.62. The summed E-state index contributed by atoms with van der Waals surface area (Å²) >= 11 is 1.57. The summed E-state index contributed by atoms with van der Waals surface area (Å²) in [5.41, 5.74) is 4.98. The number of aryl methyl sites for hydroxylation is 2. The molecule has 0 unspecified atom stereocenters. The molecule has 5 nitrogen and oxygen atoms in total. The van der Waals surface area contributed by atoms with Crippen molar-refractivity contribution in [3.63, 3.8) is 0 Å². The Kier molecular flexibility index (Phi) is 3.11. The summed E-state index contributed by atoms with van der Waals surface area (Å²) in [7, 11) is 0. The van der Waals surface area contributed by atoms with Crippen molar-refractivity contribution in [1.82, 2.24) is 15.0 Å². The van der Waals surface area contributed by atoms with Gasteiger partial charge in [-0.3, -0.25) is 0 Å². The number of nitrogens with zero attached hydrogens (tertiary/aromatic N) is 3. The van der Waals surface area contributed by atoms with Gasteiger partial charge in [-0.2, -0.15) is 0 Å². The van der Waals surface area contributed by atoms with Crippen LogP contribution in [0.25, 0.3) is 16.9 Å². The van der Waals surface area contributed by atoms with E-state index in [0.29, 0.717) is 5.22 Å². The monoisotopic (exact) mass is 311 g/mol. The molecule has 110 valence electrons. The van der Waals surface area contributed by atoms with Crippen molar-refractivity contribution >= 4 is 28.6 Å². The van der Waals surface area contributed by atoms with Crippen LogP contribution in [0.5, 0.6) is 0 Å². The quantitative estimate of drug-likeness (QED) is 0.466. The largest absolute Gasteiger partial charge is 0.431 e. The van der Waals surface area contributed by atoms with E-state index < -0.39 is 0 Å². The van der Waals surface area contributed by atoms with Gasteiger partial charge in [-0.1, -0.05) is 28.9 Å². The van der Waals surface area contributed by atoms with Crippen LogP contribution in [-0.2, 0) is 5.75 Å². The van der Waals surface area contributed by atoms with E-state index in [-0.39, 0.29) is 0 Å². The molecule has 1 N–H and O–H groups in total. The van der Waals surface area contributed by atoms with Gasteiger partial charge in [0.05, 0.1) is 11.4 Å². The van der Waals surface area contributed by atoms with E-state index in [0.717, 1.165) is 39.7 Å². The molecule has 0 bridgehead atoms. The minimum absolute atomic E-state index is 0.686. The number of hydrogen-bond acceptors (Lipinski definition) is 4. The maximum Gasteiger partial charge on any atom is 0.401 e. The van der Waals surface area contributed by atoms with Crippen molar-refractivity contribution in [3.8, 4) is 0 Å². The van der Waals surface area contributed by atoms with Gasteiger partial charge in [0.25, 0.3) is 5.22 Å². The molecular weight excluding hydrogens is 296 g/mol. The van der Waals surface area contributed by atoms with Crippen molar-refractivity contribution in [2.45, 2.75) is 24.8 Å². The number of H-pyrrole nitrogens is 1. The number of thioether (sulfide) groups is 1. The summed E-state index contributed by atoms with van der Waals surface area (Å²) < 4.78 is 7.79. The number of aromatic amines is 1. The Bertz CT molecular complexity index is 940. The second-order valence-electron chi connectivity index (χ2n) is 5.25. The molecule has 0 saturated carbocycles. The average Bonchev–Trinajstić information content (AvgIpc) is 3.07. The van der Waals surface area contributed by atoms with Crippen molar-refractivity contribution in [1.29, 1.82) is 0 Å². The van der Waals surface area contributed by atoms with Gasteiger partial charge < -0.3 is 4.42 Å². The predicted octanol–water partition coefficient (Wildman–Crippen LogP) is 3.20. The smallest absolute Gasteiger partial charge is 0.401 e. The molecule has 0 spiro atoms. The van der Waals surface area contributed by atoms with E-state index in [2.05, 4.69) is 38.5 Å². The van der Waals surface area contributed by atoms with Crippen molar-refractivity contribution in [3.05, 3.63) is 53.6 Å². The van der Waals surface area contributed by atoms with Gasteiger partial charge in [0, 0.05) is 6.07 Å². The number of rotatable bonds is 3. The molecule has 0 aliphatic carbocycles. The third kappa shape index (κ3) is 2.35. The number of oxazole rings is 1. The topological polar surface area (TPSA) is 58.8 Å². The van der Waals surface area contributed by atoms with E-state index in [4.69, 9.17) is 4.42 Å². The van der Waals surface area contributed by atoms with Crippen LogP contribution in [0.2, 0.25) is 0 Å². The number of para-hydroxylation sites is 2. The van der Waals surface area contributed by atoms with Crippen LogP contribution < -0.4 is 4.40 Å². The Labute approximate surface area is 131 Å². The first-order valence-corrected chi connectivity index (χ1v) is 8.03. The Morgan fingerprint density at radius 2 is 2.09 bits per heavy atom. The van der Waals surface area contributed by atoms with Gasteiger partial charge in [0.15, 0.2) is 5.58 Å². The molecule has 0 amide bonds. The number of benzene rings is 1. The van der Waals surface area contributed by atoms with E-state index in [1.54, 1.807) is 11.8 Å². The second-order valence-corrected chi connectivity index (χ2v) is 6.17. The van der Waals surface area contributed by atoms with E-state index in [1.165, 1.54) is 0 Å². The molecule has 0 fully saturated rings. The lowest BCUT2D eigenvalue weighted by atomic mass is 10.3. The van der Waals surface area contributed by atoms with Crippen LogP contribution in [-0.4, -0.2) is 15.0 Å². The molecule has 4 aromatic rings. The Morgan fingerprint density at radius 3 is 2.95 bits per heavy atom. The molecular formula is C16H15N4OS+. The summed E-state index contributed by atoms with van der Waals surface area (Å²) in [6.07, 6.45) is 2.08. The number of hydrogen-bond donors (Lipinski definition) is 1. The van der Waals surface area contributed by atoms with Crippen molar-refractivity contribution < 1.29 is 8.82 Å². The molecule has 0 aliphatic rings. The third-order valence-corrected chi connectivity index (χ3v) is 4.37. The highest BCUT2D eigenvalue weighted by Gasteiger charge is 2.14. The van der Waals surface area contributed by atoms with Gasteiger partial charge in [-0.25, -0.2) is 14.4 Å². The minimum atomic E-state index is 0.686. The maximum atomic E-state index is 5.72. The van der Waals surface area contributed by atoms with Crippen LogP contribution in [0, 0.1) is 13.8 Å². The molecule has 0 saturated heterocycles.